The second-order valence-electron chi connectivity index (χ2n) is 4.87. The number of hydrogen-bond acceptors (Lipinski definition) is 4. The number of nitrogens with zero attached hydrogens (tertiary/aromatic N) is 2. The lowest BCUT2D eigenvalue weighted by atomic mass is 10.2. The molecular weight excluding hydrogens is 443 g/mol. The monoisotopic (exact) mass is 453 g/mol. The van der Waals surface area contributed by atoms with Crippen molar-refractivity contribution in [2.75, 3.05) is 12.0 Å². The molecule has 150 valence electrons. The third kappa shape index (κ3) is 6.22. The van der Waals surface area contributed by atoms with Gasteiger partial charge in [-0.05, 0) is 18.4 Å². The second kappa shape index (κ2) is 8.61. The summed E-state index contributed by atoms with van der Waals surface area (Å²) >= 11 is 11.8. The fraction of sp³-hybridized carbons (Fsp3) is 0.286. The summed E-state index contributed by atoms with van der Waals surface area (Å²) in [5.41, 5.74) is 2.45. The van der Waals surface area contributed by atoms with Crippen LogP contribution < -0.4 is 11.3 Å². The van der Waals surface area contributed by atoms with Crippen molar-refractivity contribution in [1.82, 2.24) is 9.55 Å². The van der Waals surface area contributed by atoms with Crippen LogP contribution >= 0.6 is 35.0 Å². The lowest BCUT2D eigenvalue weighted by Crippen LogP contribution is -2.23. The predicted octanol–water partition coefficient (Wildman–Crippen LogP) is 5.12. The molecule has 0 aliphatic carbocycles. The highest BCUT2D eigenvalue weighted by atomic mass is 35.5. The highest BCUT2D eigenvalue weighted by Gasteiger charge is 2.34. The van der Waals surface area contributed by atoms with Crippen molar-refractivity contribution in [2.24, 2.45) is 7.05 Å². The first-order chi connectivity index (χ1) is 12.2. The summed E-state index contributed by atoms with van der Waals surface area (Å²) in [6, 6.07) is 1.96. The molecule has 0 fully saturated rings. The van der Waals surface area contributed by atoms with E-state index >= 15 is 0 Å². The van der Waals surface area contributed by atoms with E-state index in [1.807, 2.05) is 0 Å². The number of alkyl halides is 6. The fourth-order valence-electron chi connectivity index (χ4n) is 1.59. The van der Waals surface area contributed by atoms with Crippen LogP contribution in [0.25, 0.3) is 0 Å². The summed E-state index contributed by atoms with van der Waals surface area (Å²) in [5.74, 6) is 0. The number of rotatable bonds is 1. The van der Waals surface area contributed by atoms with Gasteiger partial charge in [0, 0.05) is 13.1 Å². The molecule has 0 saturated heterocycles. The lowest BCUT2D eigenvalue weighted by molar-refractivity contribution is -0.142. The van der Waals surface area contributed by atoms with Gasteiger partial charge in [-0.1, -0.05) is 35.0 Å². The van der Waals surface area contributed by atoms with Crippen molar-refractivity contribution in [3.8, 4) is 0 Å². The van der Waals surface area contributed by atoms with Crippen LogP contribution in [0.15, 0.2) is 28.2 Å². The van der Waals surface area contributed by atoms with Crippen molar-refractivity contribution < 1.29 is 26.3 Å². The standard InChI is InChI=1S/C7H4Cl2F3N.C7H7F3N2OS/c8-4-1-3(7(10,11)12)2-5(9)6(4)13;1-12-5(13)3-4(7(8,9)10)11-6(12)14-2/h1-2H,13H2;3H,1-2H3. The third-order valence-corrected chi connectivity index (χ3v) is 4.33. The molecule has 27 heavy (non-hydrogen) atoms. The normalized spacial score (nSPS) is 11.8. The van der Waals surface area contributed by atoms with Gasteiger partial charge in [0.25, 0.3) is 5.56 Å². The van der Waals surface area contributed by atoms with E-state index in [2.05, 4.69) is 4.98 Å². The van der Waals surface area contributed by atoms with Crippen molar-refractivity contribution in [3.63, 3.8) is 0 Å². The zero-order valence-electron chi connectivity index (χ0n) is 13.5. The van der Waals surface area contributed by atoms with Crippen molar-refractivity contribution in [2.45, 2.75) is 17.5 Å². The van der Waals surface area contributed by atoms with Gasteiger partial charge in [0.2, 0.25) is 0 Å². The zero-order chi connectivity index (χ0) is 21.2. The number of thioether (sulfide) groups is 1. The first-order valence-electron chi connectivity index (χ1n) is 6.69. The van der Waals surface area contributed by atoms with Crippen LogP contribution in [0, 0.1) is 0 Å². The van der Waals surface area contributed by atoms with Crippen LogP contribution in [0.4, 0.5) is 32.0 Å². The van der Waals surface area contributed by atoms with Crippen LogP contribution in [0.1, 0.15) is 11.3 Å². The average molecular weight is 454 g/mol. The van der Waals surface area contributed by atoms with Crippen molar-refractivity contribution in [1.29, 1.82) is 0 Å². The molecule has 0 atom stereocenters. The molecule has 2 rings (SSSR count). The molecule has 2 aromatic rings. The largest absolute Gasteiger partial charge is 0.433 e. The van der Waals surface area contributed by atoms with Crippen LogP contribution in [-0.2, 0) is 19.4 Å². The molecule has 1 aromatic carbocycles. The van der Waals surface area contributed by atoms with E-state index in [9.17, 15) is 31.1 Å². The highest BCUT2D eigenvalue weighted by Crippen LogP contribution is 2.36. The molecule has 0 saturated carbocycles. The van der Waals surface area contributed by atoms with Gasteiger partial charge in [-0.2, -0.15) is 26.3 Å². The van der Waals surface area contributed by atoms with Gasteiger partial charge in [0.05, 0.1) is 21.3 Å². The number of nitrogen functional groups attached to an aromatic ring is 1. The third-order valence-electron chi connectivity index (χ3n) is 2.97. The minimum absolute atomic E-state index is 0.0451. The number of benzene rings is 1. The Morgan fingerprint density at radius 1 is 1.04 bits per heavy atom. The SMILES string of the molecule is CSc1nc(C(F)(F)F)cc(=O)n1C.Nc1c(Cl)cc(C(F)(F)F)cc1Cl. The maximum absolute atomic E-state index is 12.2. The Labute approximate surface area is 163 Å². The van der Waals surface area contributed by atoms with Gasteiger partial charge in [-0.25, -0.2) is 4.98 Å². The van der Waals surface area contributed by atoms with Gasteiger partial charge < -0.3 is 5.73 Å². The van der Waals surface area contributed by atoms with Crippen LogP contribution in [0.2, 0.25) is 10.0 Å². The van der Waals surface area contributed by atoms with Gasteiger partial charge in [-0.15, -0.1) is 0 Å². The molecule has 0 aliphatic rings. The Bertz CT molecular complexity index is 860. The predicted molar refractivity (Wildman–Crippen MR) is 92.1 cm³/mol. The summed E-state index contributed by atoms with van der Waals surface area (Å²) in [5, 5.41) is -0.343. The molecule has 0 spiro atoms. The van der Waals surface area contributed by atoms with Crippen LogP contribution in [0.3, 0.4) is 0 Å². The maximum Gasteiger partial charge on any atom is 0.433 e. The fourth-order valence-corrected chi connectivity index (χ4v) is 2.63. The molecule has 0 radical (unpaired) electrons. The van der Waals surface area contributed by atoms with E-state index in [4.69, 9.17) is 28.9 Å². The van der Waals surface area contributed by atoms with Crippen LogP contribution in [0.5, 0.6) is 0 Å². The van der Waals surface area contributed by atoms with Crippen LogP contribution in [-0.4, -0.2) is 15.8 Å². The summed E-state index contributed by atoms with van der Waals surface area (Å²) in [6.45, 7) is 0. The molecule has 1 aromatic heterocycles. The number of aromatic nitrogens is 2. The summed E-state index contributed by atoms with van der Waals surface area (Å²) in [4.78, 5) is 14.4. The van der Waals surface area contributed by atoms with Gasteiger partial charge >= 0.3 is 12.4 Å². The molecule has 0 unspecified atom stereocenters. The van der Waals surface area contributed by atoms with Gasteiger partial charge in [-0.3, -0.25) is 9.36 Å². The quantitative estimate of drug-likeness (QED) is 0.282. The molecule has 13 heteroatoms. The first kappa shape index (κ1) is 23.4. The molecule has 2 N–H and O–H groups in total. The molecular formula is C14H11Cl2F6N3OS. The van der Waals surface area contributed by atoms with E-state index in [-0.39, 0.29) is 20.9 Å². The Morgan fingerprint density at radius 3 is 1.89 bits per heavy atom. The van der Waals surface area contributed by atoms with E-state index in [0.29, 0.717) is 6.07 Å². The molecule has 4 nitrogen and oxygen atoms in total. The Hall–Kier alpha value is -1.59. The topological polar surface area (TPSA) is 60.9 Å². The highest BCUT2D eigenvalue weighted by molar-refractivity contribution is 7.98. The summed E-state index contributed by atoms with van der Waals surface area (Å²) in [6.07, 6.45) is -7.47. The lowest BCUT2D eigenvalue weighted by Gasteiger charge is -2.09. The van der Waals surface area contributed by atoms with Crippen molar-refractivity contribution >= 4 is 40.7 Å². The minimum Gasteiger partial charge on any atom is -0.396 e. The van der Waals surface area contributed by atoms with Crippen molar-refractivity contribution in [3.05, 3.63) is 49.9 Å². The summed E-state index contributed by atoms with van der Waals surface area (Å²) in [7, 11) is 1.38. The smallest absolute Gasteiger partial charge is 0.396 e. The minimum atomic E-state index is -4.57. The number of nitrogens with two attached hydrogens (primary N) is 1. The Kier molecular flexibility index (Phi) is 7.48. The van der Waals surface area contributed by atoms with E-state index in [0.717, 1.165) is 28.5 Å². The average Bonchev–Trinajstić information content (AvgIpc) is 2.53. The van der Waals surface area contributed by atoms with E-state index in [1.54, 1.807) is 6.26 Å². The van der Waals surface area contributed by atoms with Gasteiger partial charge in [0.15, 0.2) is 10.9 Å². The maximum atomic E-state index is 12.2. The first-order valence-corrected chi connectivity index (χ1v) is 8.67. The second-order valence-corrected chi connectivity index (χ2v) is 6.46. The number of anilines is 1. The molecule has 0 bridgehead atoms. The Balaban J connectivity index is 0.000000271. The zero-order valence-corrected chi connectivity index (χ0v) is 15.9. The van der Waals surface area contributed by atoms with Gasteiger partial charge in [0.1, 0.15) is 0 Å². The number of hydrogen-bond donors (Lipinski definition) is 1. The summed E-state index contributed by atoms with van der Waals surface area (Å²) < 4.78 is 74.0. The Morgan fingerprint density at radius 2 is 1.52 bits per heavy atom. The molecule has 1 heterocycles. The van der Waals surface area contributed by atoms with E-state index < -0.39 is 29.2 Å². The number of halogens is 8. The molecule has 0 aliphatic heterocycles. The molecule has 0 amide bonds. The van der Waals surface area contributed by atoms with E-state index in [1.165, 1.54) is 7.05 Å².